The van der Waals surface area contributed by atoms with E-state index in [2.05, 4.69) is 5.32 Å². The lowest BCUT2D eigenvalue weighted by atomic mass is 9.85. The molecule has 1 saturated carbocycles. The van der Waals surface area contributed by atoms with Crippen molar-refractivity contribution in [2.45, 2.75) is 70.5 Å². The number of benzene rings is 1. The van der Waals surface area contributed by atoms with Crippen LogP contribution in [0.2, 0.25) is 0 Å². The van der Waals surface area contributed by atoms with Crippen molar-refractivity contribution >= 4 is 23.6 Å². The van der Waals surface area contributed by atoms with E-state index in [1.165, 1.54) is 4.90 Å². The number of nitrogens with one attached hydrogen (secondary N) is 1. The molecule has 3 atom stereocenters. The summed E-state index contributed by atoms with van der Waals surface area (Å²) in [4.78, 5) is 54.5. The topological polar surface area (TPSA) is 86.8 Å². The number of hydrogen-bond acceptors (Lipinski definition) is 4. The number of likely N-dealkylation sites (tertiary alicyclic amines) is 1. The molecule has 2 aliphatic carbocycles. The van der Waals surface area contributed by atoms with Crippen molar-refractivity contribution in [1.82, 2.24) is 15.1 Å². The summed E-state index contributed by atoms with van der Waals surface area (Å²) in [5, 5.41) is 3.09. The first-order valence-electron chi connectivity index (χ1n) is 12.1. The molecule has 1 aliphatic heterocycles. The fourth-order valence-electron chi connectivity index (χ4n) is 5.20. The van der Waals surface area contributed by atoms with Crippen LogP contribution in [-0.4, -0.2) is 52.1 Å². The summed E-state index contributed by atoms with van der Waals surface area (Å²) in [6.45, 7) is 2.11. The maximum Gasteiger partial charge on any atom is 0.242 e. The van der Waals surface area contributed by atoms with Gasteiger partial charge in [-0.25, -0.2) is 0 Å². The first-order valence-corrected chi connectivity index (χ1v) is 12.1. The van der Waals surface area contributed by atoms with Crippen molar-refractivity contribution in [3.05, 3.63) is 48.0 Å². The van der Waals surface area contributed by atoms with Crippen LogP contribution in [0, 0.1) is 11.8 Å². The zero-order chi connectivity index (χ0) is 23.4. The molecule has 7 nitrogen and oxygen atoms in total. The van der Waals surface area contributed by atoms with Crippen LogP contribution in [0.4, 0.5) is 0 Å². The van der Waals surface area contributed by atoms with Gasteiger partial charge in [0.25, 0.3) is 0 Å². The number of nitrogens with zero attached hydrogens (tertiary/aromatic N) is 2. The number of hydrogen-bond donors (Lipinski definition) is 1. The molecular formula is C26H33N3O4. The molecule has 7 heteroatoms. The monoisotopic (exact) mass is 451 g/mol. The highest BCUT2D eigenvalue weighted by molar-refractivity contribution is 6.05. The molecule has 0 bridgehead atoms. The minimum Gasteiger partial charge on any atom is -0.352 e. The average Bonchev–Trinajstić information content (AvgIpc) is 3.43. The Labute approximate surface area is 195 Å². The molecule has 0 radical (unpaired) electrons. The van der Waals surface area contributed by atoms with E-state index in [4.69, 9.17) is 0 Å². The molecule has 4 rings (SSSR count). The van der Waals surface area contributed by atoms with Gasteiger partial charge in [0, 0.05) is 25.6 Å². The summed E-state index contributed by atoms with van der Waals surface area (Å²) in [6.07, 6.45) is 9.25. The summed E-state index contributed by atoms with van der Waals surface area (Å²) < 4.78 is 0. The molecule has 0 unspecified atom stereocenters. The third-order valence-electron chi connectivity index (χ3n) is 7.21. The Kier molecular flexibility index (Phi) is 7.26. The second-order valence-electron chi connectivity index (χ2n) is 9.41. The van der Waals surface area contributed by atoms with E-state index in [0.29, 0.717) is 19.4 Å². The molecule has 1 aromatic carbocycles. The third-order valence-corrected chi connectivity index (χ3v) is 7.21. The number of rotatable bonds is 8. The second-order valence-corrected chi connectivity index (χ2v) is 9.41. The van der Waals surface area contributed by atoms with Crippen LogP contribution in [0.15, 0.2) is 42.5 Å². The lowest BCUT2D eigenvalue weighted by Crippen LogP contribution is -2.50. The van der Waals surface area contributed by atoms with E-state index in [9.17, 15) is 19.2 Å². The van der Waals surface area contributed by atoms with Gasteiger partial charge < -0.3 is 10.2 Å². The normalized spacial score (nSPS) is 23.5. The number of fused-ring (bicyclic) bond motifs is 1. The average molecular weight is 452 g/mol. The molecule has 3 aliphatic rings. The van der Waals surface area contributed by atoms with E-state index in [1.54, 1.807) is 11.8 Å². The maximum absolute atomic E-state index is 13.3. The fourth-order valence-corrected chi connectivity index (χ4v) is 5.20. The van der Waals surface area contributed by atoms with E-state index < -0.39 is 6.04 Å². The second kappa shape index (κ2) is 10.3. The standard InChI is InChI=1S/C26H33N3O4/c1-18(24(31)27-20-11-5-6-12-20)29(17-19-9-3-2-4-10-19)23(30)15-16-28-25(32)21-13-7-8-14-22(21)26(28)33/h2-4,7-10,18,20-22H,5-6,11-17H2,1H3,(H,27,31)/t18-,21-,22+/m1/s1. The Hall–Kier alpha value is -2.96. The highest BCUT2D eigenvalue weighted by atomic mass is 16.2. The Morgan fingerprint density at radius 2 is 1.64 bits per heavy atom. The van der Waals surface area contributed by atoms with Gasteiger partial charge in [0.05, 0.1) is 11.8 Å². The summed E-state index contributed by atoms with van der Waals surface area (Å²) in [7, 11) is 0. The minimum absolute atomic E-state index is 0.0121. The van der Waals surface area contributed by atoms with E-state index in [1.807, 2.05) is 42.5 Å². The number of allylic oxidation sites excluding steroid dienone is 2. The van der Waals surface area contributed by atoms with Gasteiger partial charge in [0.15, 0.2) is 0 Å². The van der Waals surface area contributed by atoms with Crippen molar-refractivity contribution in [2.75, 3.05) is 6.54 Å². The molecule has 2 fully saturated rings. The van der Waals surface area contributed by atoms with Gasteiger partial charge in [-0.05, 0) is 38.2 Å². The quantitative estimate of drug-likeness (QED) is 0.486. The van der Waals surface area contributed by atoms with Gasteiger partial charge in [0.1, 0.15) is 6.04 Å². The Bertz CT molecular complexity index is 897. The van der Waals surface area contributed by atoms with Gasteiger partial charge in [-0.1, -0.05) is 55.3 Å². The first kappa shape index (κ1) is 23.2. The van der Waals surface area contributed by atoms with Crippen LogP contribution in [-0.2, 0) is 25.7 Å². The molecule has 176 valence electrons. The zero-order valence-electron chi connectivity index (χ0n) is 19.2. The lowest BCUT2D eigenvalue weighted by molar-refractivity contribution is -0.144. The van der Waals surface area contributed by atoms with Crippen molar-refractivity contribution in [3.8, 4) is 0 Å². The molecule has 1 N–H and O–H groups in total. The smallest absolute Gasteiger partial charge is 0.242 e. The summed E-state index contributed by atoms with van der Waals surface area (Å²) >= 11 is 0. The Balaban J connectivity index is 1.43. The number of amides is 4. The SMILES string of the molecule is C[C@H](C(=O)NC1CCCC1)N(Cc1ccccc1)C(=O)CCN1C(=O)[C@H]2CC=CC[C@H]2C1=O. The summed E-state index contributed by atoms with van der Waals surface area (Å²) in [5.74, 6) is -1.34. The Morgan fingerprint density at radius 1 is 1.03 bits per heavy atom. The zero-order valence-corrected chi connectivity index (χ0v) is 19.2. The van der Waals surface area contributed by atoms with E-state index >= 15 is 0 Å². The van der Waals surface area contributed by atoms with E-state index in [0.717, 1.165) is 31.2 Å². The number of carbonyl (C=O) groups is 4. The van der Waals surface area contributed by atoms with Gasteiger partial charge in [-0.2, -0.15) is 0 Å². The largest absolute Gasteiger partial charge is 0.352 e. The molecule has 1 heterocycles. The van der Waals surface area contributed by atoms with Crippen molar-refractivity contribution in [3.63, 3.8) is 0 Å². The van der Waals surface area contributed by atoms with Crippen LogP contribution in [0.5, 0.6) is 0 Å². The molecule has 1 aromatic rings. The molecule has 0 aromatic heterocycles. The van der Waals surface area contributed by atoms with E-state index in [-0.39, 0.29) is 54.5 Å². The lowest BCUT2D eigenvalue weighted by Gasteiger charge is -2.30. The van der Waals surface area contributed by atoms with Crippen LogP contribution in [0.3, 0.4) is 0 Å². The molecule has 33 heavy (non-hydrogen) atoms. The Morgan fingerprint density at radius 3 is 2.24 bits per heavy atom. The predicted octanol–water partition coefficient (Wildman–Crippen LogP) is 2.80. The highest BCUT2D eigenvalue weighted by Gasteiger charge is 2.47. The molecule has 1 saturated heterocycles. The van der Waals surface area contributed by atoms with Gasteiger partial charge in [-0.15, -0.1) is 0 Å². The number of imide groups is 1. The summed E-state index contributed by atoms with van der Waals surface area (Å²) in [5.41, 5.74) is 0.928. The van der Waals surface area contributed by atoms with Crippen molar-refractivity contribution in [1.29, 1.82) is 0 Å². The molecule has 4 amide bonds. The number of carbonyl (C=O) groups excluding carboxylic acids is 4. The van der Waals surface area contributed by atoms with Crippen LogP contribution < -0.4 is 5.32 Å². The predicted molar refractivity (Wildman–Crippen MR) is 124 cm³/mol. The third kappa shape index (κ3) is 5.18. The van der Waals surface area contributed by atoms with Gasteiger partial charge in [0.2, 0.25) is 23.6 Å². The highest BCUT2D eigenvalue weighted by Crippen LogP contribution is 2.35. The van der Waals surface area contributed by atoms with Crippen LogP contribution in [0.25, 0.3) is 0 Å². The van der Waals surface area contributed by atoms with Crippen LogP contribution >= 0.6 is 0 Å². The molecular weight excluding hydrogens is 418 g/mol. The van der Waals surface area contributed by atoms with Crippen molar-refractivity contribution < 1.29 is 19.2 Å². The minimum atomic E-state index is -0.643. The maximum atomic E-state index is 13.3. The summed E-state index contributed by atoms with van der Waals surface area (Å²) in [6, 6.07) is 9.09. The fraction of sp³-hybridized carbons (Fsp3) is 0.538. The molecule has 0 spiro atoms. The van der Waals surface area contributed by atoms with Gasteiger partial charge >= 0.3 is 0 Å². The van der Waals surface area contributed by atoms with Crippen molar-refractivity contribution in [2.24, 2.45) is 11.8 Å². The first-order chi connectivity index (χ1) is 16.0. The van der Waals surface area contributed by atoms with Crippen LogP contribution in [0.1, 0.15) is 57.4 Å². The van der Waals surface area contributed by atoms with Gasteiger partial charge in [-0.3, -0.25) is 24.1 Å².